The molecule has 0 saturated carbocycles. The van der Waals surface area contributed by atoms with Crippen LogP contribution in [0.4, 0.5) is 13.6 Å². The van der Waals surface area contributed by atoms with Gasteiger partial charge in [0.1, 0.15) is 5.57 Å². The third kappa shape index (κ3) is 4.28. The topological polar surface area (TPSA) is 111 Å². The van der Waals surface area contributed by atoms with Crippen LogP contribution in [0.25, 0.3) is 6.08 Å². The van der Waals surface area contributed by atoms with Crippen LogP contribution in [-0.2, 0) is 9.59 Å². The molecule has 11 heteroatoms. The molecule has 4 amide bonds. The predicted octanol–water partition coefficient (Wildman–Crippen LogP) is 2.60. The molecule has 0 bridgehead atoms. The van der Waals surface area contributed by atoms with E-state index in [9.17, 15) is 28.0 Å². The highest BCUT2D eigenvalue weighted by molar-refractivity contribution is 6.33. The molecule has 0 aliphatic carbocycles. The summed E-state index contributed by atoms with van der Waals surface area (Å²) in [5, 5.41) is 3.51. The van der Waals surface area contributed by atoms with Crippen molar-refractivity contribution in [3.63, 3.8) is 0 Å². The second-order valence-electron chi connectivity index (χ2n) is 5.84. The van der Waals surface area contributed by atoms with Crippen molar-refractivity contribution in [2.45, 2.75) is 0 Å². The summed E-state index contributed by atoms with van der Waals surface area (Å²) in [6, 6.07) is 4.35. The molecule has 0 spiro atoms. The summed E-state index contributed by atoms with van der Waals surface area (Å²) in [5.74, 6) is -5.38. The molecule has 30 heavy (non-hydrogen) atoms. The Hall–Kier alpha value is -3.79. The Morgan fingerprint density at radius 3 is 2.27 bits per heavy atom. The average Bonchev–Trinajstić information content (AvgIpc) is 2.68. The number of carbonyl (C=O) groups excluding carboxylic acids is 4. The number of halogens is 3. The van der Waals surface area contributed by atoms with E-state index in [1.165, 1.54) is 31.4 Å². The zero-order valence-corrected chi connectivity index (χ0v) is 15.8. The maximum atomic E-state index is 13.4. The number of nitrogens with one attached hydrogen (secondary N) is 2. The molecule has 1 aliphatic rings. The molecule has 1 saturated heterocycles. The Kier molecular flexibility index (Phi) is 5.79. The lowest BCUT2D eigenvalue weighted by Gasteiger charge is -2.14. The number of hydrogen-bond donors (Lipinski definition) is 2. The number of carbonyl (C=O) groups is 4. The summed E-state index contributed by atoms with van der Waals surface area (Å²) < 4.78 is 36.8. The maximum absolute atomic E-state index is 13.4. The molecule has 1 aliphatic heterocycles. The van der Waals surface area contributed by atoms with E-state index in [0.717, 1.165) is 0 Å². The van der Waals surface area contributed by atoms with Gasteiger partial charge in [-0.2, -0.15) is 0 Å². The summed E-state index contributed by atoms with van der Waals surface area (Å²) in [5.41, 5.74) is -0.411. The van der Waals surface area contributed by atoms with Crippen LogP contribution in [0.5, 0.6) is 11.5 Å². The Bertz CT molecular complexity index is 1110. The van der Waals surface area contributed by atoms with Crippen molar-refractivity contribution in [1.82, 2.24) is 10.6 Å². The minimum Gasteiger partial charge on any atom is -0.493 e. The predicted molar refractivity (Wildman–Crippen MR) is 99.0 cm³/mol. The van der Waals surface area contributed by atoms with Crippen LogP contribution in [0.2, 0.25) is 5.02 Å². The van der Waals surface area contributed by atoms with Crippen molar-refractivity contribution >= 4 is 41.5 Å². The van der Waals surface area contributed by atoms with E-state index >= 15 is 0 Å². The Morgan fingerprint density at radius 1 is 1.00 bits per heavy atom. The smallest absolute Gasteiger partial charge is 0.345 e. The molecule has 2 N–H and O–H groups in total. The van der Waals surface area contributed by atoms with E-state index in [1.807, 2.05) is 10.6 Å². The van der Waals surface area contributed by atoms with Gasteiger partial charge in [0.05, 0.1) is 17.7 Å². The first-order valence-corrected chi connectivity index (χ1v) is 8.50. The van der Waals surface area contributed by atoms with Crippen molar-refractivity contribution in [3.05, 3.63) is 63.7 Å². The standard InChI is InChI=1S/C19H11ClF2N2O6/c1-29-15-5-8(4-10-16(25)23-19(28)24-17(10)26)2-3-14(15)30-18(27)9-6-12(21)13(22)7-11(9)20/h2-7H,1H3,(H2,23,24,25,26,28). The van der Waals surface area contributed by atoms with E-state index in [4.69, 9.17) is 21.1 Å². The van der Waals surface area contributed by atoms with Gasteiger partial charge in [0.25, 0.3) is 11.8 Å². The number of esters is 1. The molecule has 2 aromatic rings. The van der Waals surface area contributed by atoms with Crippen LogP contribution in [0.3, 0.4) is 0 Å². The van der Waals surface area contributed by atoms with Gasteiger partial charge in [-0.25, -0.2) is 18.4 Å². The second kappa shape index (κ2) is 8.29. The molecule has 8 nitrogen and oxygen atoms in total. The number of urea groups is 1. The van der Waals surface area contributed by atoms with E-state index in [-0.39, 0.29) is 22.1 Å². The van der Waals surface area contributed by atoms with Crippen molar-refractivity contribution < 1.29 is 37.4 Å². The van der Waals surface area contributed by atoms with Gasteiger partial charge in [0.2, 0.25) is 0 Å². The quantitative estimate of drug-likeness (QED) is 0.250. The van der Waals surface area contributed by atoms with Gasteiger partial charge in [-0.3, -0.25) is 20.2 Å². The molecule has 1 fully saturated rings. The van der Waals surface area contributed by atoms with Crippen LogP contribution in [0.1, 0.15) is 15.9 Å². The van der Waals surface area contributed by atoms with Crippen LogP contribution in [-0.4, -0.2) is 30.9 Å². The highest BCUT2D eigenvalue weighted by Crippen LogP contribution is 2.31. The van der Waals surface area contributed by atoms with Crippen LogP contribution >= 0.6 is 11.6 Å². The number of amides is 4. The van der Waals surface area contributed by atoms with Gasteiger partial charge < -0.3 is 9.47 Å². The van der Waals surface area contributed by atoms with Gasteiger partial charge in [0, 0.05) is 0 Å². The summed E-state index contributed by atoms with van der Waals surface area (Å²) in [4.78, 5) is 47.0. The molecule has 3 rings (SSSR count). The largest absolute Gasteiger partial charge is 0.493 e. The third-order valence-electron chi connectivity index (χ3n) is 3.87. The van der Waals surface area contributed by atoms with Gasteiger partial charge in [-0.15, -0.1) is 0 Å². The summed E-state index contributed by atoms with van der Waals surface area (Å²) in [6.07, 6.45) is 1.19. The lowest BCUT2D eigenvalue weighted by molar-refractivity contribution is -0.123. The number of imide groups is 2. The van der Waals surface area contributed by atoms with E-state index < -0.39 is 41.0 Å². The molecular formula is C19H11ClF2N2O6. The minimum absolute atomic E-state index is 0.0316. The number of barbiturate groups is 1. The molecule has 0 aromatic heterocycles. The lowest BCUT2D eigenvalue weighted by atomic mass is 10.1. The first-order chi connectivity index (χ1) is 14.2. The fraction of sp³-hybridized carbons (Fsp3) is 0.0526. The van der Waals surface area contributed by atoms with Crippen molar-refractivity contribution in [1.29, 1.82) is 0 Å². The molecular weight excluding hydrogens is 426 g/mol. The van der Waals surface area contributed by atoms with Crippen molar-refractivity contribution in [2.24, 2.45) is 0 Å². The second-order valence-corrected chi connectivity index (χ2v) is 6.25. The van der Waals surface area contributed by atoms with Crippen molar-refractivity contribution in [3.8, 4) is 11.5 Å². The maximum Gasteiger partial charge on any atom is 0.345 e. The number of hydrogen-bond acceptors (Lipinski definition) is 6. The van der Waals surface area contributed by atoms with Crippen LogP contribution in [0.15, 0.2) is 35.9 Å². The number of benzene rings is 2. The number of rotatable bonds is 4. The third-order valence-corrected chi connectivity index (χ3v) is 4.19. The summed E-state index contributed by atoms with van der Waals surface area (Å²) in [7, 11) is 1.27. The molecule has 0 atom stereocenters. The molecule has 1 heterocycles. The van der Waals surface area contributed by atoms with Gasteiger partial charge >= 0.3 is 12.0 Å². The average molecular weight is 437 g/mol. The van der Waals surface area contributed by atoms with Gasteiger partial charge in [-0.1, -0.05) is 17.7 Å². The highest BCUT2D eigenvalue weighted by atomic mass is 35.5. The van der Waals surface area contributed by atoms with Crippen LogP contribution in [0, 0.1) is 11.6 Å². The zero-order valence-electron chi connectivity index (χ0n) is 15.0. The van der Waals surface area contributed by atoms with Crippen LogP contribution < -0.4 is 20.1 Å². The normalized spacial score (nSPS) is 13.5. The zero-order chi connectivity index (χ0) is 22.0. The molecule has 2 aromatic carbocycles. The van der Waals surface area contributed by atoms with E-state index in [0.29, 0.717) is 17.7 Å². The van der Waals surface area contributed by atoms with Gasteiger partial charge in [0.15, 0.2) is 23.1 Å². The Balaban J connectivity index is 1.88. The first kappa shape index (κ1) is 20.9. The Labute approximate surface area is 172 Å². The summed E-state index contributed by atoms with van der Waals surface area (Å²) in [6.45, 7) is 0. The monoisotopic (exact) mass is 436 g/mol. The molecule has 0 radical (unpaired) electrons. The first-order valence-electron chi connectivity index (χ1n) is 8.12. The van der Waals surface area contributed by atoms with E-state index in [1.54, 1.807) is 0 Å². The Morgan fingerprint density at radius 2 is 1.63 bits per heavy atom. The van der Waals surface area contributed by atoms with E-state index in [2.05, 4.69) is 0 Å². The van der Waals surface area contributed by atoms with Gasteiger partial charge in [-0.05, 0) is 35.9 Å². The molecule has 0 unspecified atom stereocenters. The fourth-order valence-electron chi connectivity index (χ4n) is 2.47. The lowest BCUT2D eigenvalue weighted by Crippen LogP contribution is -2.51. The number of ether oxygens (including phenoxy) is 2. The van der Waals surface area contributed by atoms with Crippen molar-refractivity contribution in [2.75, 3.05) is 7.11 Å². The molecule has 154 valence electrons. The SMILES string of the molecule is COc1cc(C=C2C(=O)NC(=O)NC2=O)ccc1OC(=O)c1cc(F)c(F)cc1Cl. The number of methoxy groups -OCH3 is 1. The minimum atomic E-state index is -1.28. The highest BCUT2D eigenvalue weighted by Gasteiger charge is 2.27. The summed E-state index contributed by atoms with van der Waals surface area (Å²) >= 11 is 5.76. The fourth-order valence-corrected chi connectivity index (χ4v) is 2.69.